The maximum atomic E-state index is 13.6. The molecule has 4 atom stereocenters. The first-order valence-corrected chi connectivity index (χ1v) is 12.5. The number of carbonyl (C=O) groups is 3. The lowest BCUT2D eigenvalue weighted by atomic mass is 9.96. The second kappa shape index (κ2) is 9.29. The molecular weight excluding hydrogens is 487 g/mol. The number of Topliss-reactive ketones (excluding diaryl/α,β-unsaturated/α-hetero) is 1. The number of nitrogens with one attached hydrogen (secondary N) is 1. The second-order valence-electron chi connectivity index (χ2n) is 8.59. The van der Waals surface area contributed by atoms with Crippen LogP contribution in [0, 0.1) is 5.92 Å². The number of halogens is 2. The molecule has 0 unspecified atom stereocenters. The molecule has 0 spiro atoms. The van der Waals surface area contributed by atoms with E-state index < -0.39 is 29.5 Å². The van der Waals surface area contributed by atoms with Gasteiger partial charge in [0, 0.05) is 24.5 Å². The number of alkyl halides is 1. The number of likely N-dealkylation sites (tertiary alicyclic amines) is 1. The zero-order valence-electron chi connectivity index (χ0n) is 17.6. The molecule has 11 heteroatoms. The Kier molecular flexibility index (Phi) is 6.39. The lowest BCUT2D eigenvalue weighted by Gasteiger charge is -2.30. The van der Waals surface area contributed by atoms with Crippen LogP contribution in [0.3, 0.4) is 0 Å². The molecule has 2 aliphatic heterocycles. The predicted molar refractivity (Wildman–Crippen MR) is 123 cm³/mol. The molecule has 4 heterocycles. The summed E-state index contributed by atoms with van der Waals surface area (Å²) in [6.45, 7) is 0.190. The zero-order valence-corrected chi connectivity index (χ0v) is 19.9. The summed E-state index contributed by atoms with van der Waals surface area (Å²) in [4.78, 5) is 49.7. The van der Waals surface area contributed by atoms with Crippen molar-refractivity contribution >= 4 is 52.1 Å². The number of thiazole rings is 1. The first kappa shape index (κ1) is 22.7. The largest absolute Gasteiger partial charge is 0.366 e. The number of amides is 2. The average molecular weight is 509 g/mol. The van der Waals surface area contributed by atoms with Gasteiger partial charge in [0.25, 0.3) is 5.91 Å². The Labute approximate surface area is 204 Å². The molecule has 1 N–H and O–H groups in total. The first-order valence-electron chi connectivity index (χ1n) is 10.9. The molecule has 1 saturated carbocycles. The minimum Gasteiger partial charge on any atom is -0.366 e. The van der Waals surface area contributed by atoms with Crippen LogP contribution in [-0.4, -0.2) is 69.2 Å². The number of hydrogen-bond donors (Lipinski definition) is 1. The van der Waals surface area contributed by atoms with Gasteiger partial charge in [0.15, 0.2) is 10.8 Å². The van der Waals surface area contributed by atoms with Gasteiger partial charge in [-0.2, -0.15) is 0 Å². The van der Waals surface area contributed by atoms with Crippen molar-refractivity contribution in [2.24, 2.45) is 5.92 Å². The van der Waals surface area contributed by atoms with Crippen molar-refractivity contribution in [3.8, 4) is 10.4 Å². The van der Waals surface area contributed by atoms with Crippen molar-refractivity contribution in [3.63, 3.8) is 0 Å². The van der Waals surface area contributed by atoms with Crippen molar-refractivity contribution in [3.05, 3.63) is 34.7 Å². The van der Waals surface area contributed by atoms with Crippen LogP contribution in [0.1, 0.15) is 35.5 Å². The van der Waals surface area contributed by atoms with Crippen LogP contribution in [0.2, 0.25) is 5.15 Å². The molecule has 1 aliphatic carbocycles. The van der Waals surface area contributed by atoms with Gasteiger partial charge >= 0.3 is 0 Å². The Balaban J connectivity index is 1.35. The van der Waals surface area contributed by atoms with Gasteiger partial charge in [0.2, 0.25) is 5.91 Å². The number of nitrogens with zero attached hydrogens (tertiary/aromatic N) is 3. The molecular formula is C22H22Cl2N4O4S. The standard InChI is InChI=1S/C22H22Cl2N4O4S/c23-13-9-28(18-14(29)10-32-19(13)18)22(31)17(11-3-1-2-4-11)27-20(30)21-26-8-15(33-21)12-5-6-16(24)25-7-12/h5-8,11,13,17-19H,1-4,9-10H2,(H,27,30)/t13-,17-,18+,19+/m0/s1. The third kappa shape index (κ3) is 4.39. The number of ketones is 1. The molecule has 2 saturated heterocycles. The SMILES string of the molecule is O=C(N[C@H](C(=O)N1C[C@H](Cl)[C@H]2OCC(=O)[C@H]21)C1CCCC1)c1ncc(-c2ccc(Cl)nc2)s1. The van der Waals surface area contributed by atoms with Gasteiger partial charge in [0.1, 0.15) is 29.9 Å². The molecule has 8 nitrogen and oxygen atoms in total. The van der Waals surface area contributed by atoms with Gasteiger partial charge in [-0.25, -0.2) is 9.97 Å². The van der Waals surface area contributed by atoms with Gasteiger partial charge in [-0.15, -0.1) is 22.9 Å². The highest BCUT2D eigenvalue weighted by Crippen LogP contribution is 2.34. The Morgan fingerprint density at radius 3 is 2.73 bits per heavy atom. The number of rotatable bonds is 5. The van der Waals surface area contributed by atoms with E-state index in [9.17, 15) is 14.4 Å². The van der Waals surface area contributed by atoms with Gasteiger partial charge in [0.05, 0.1) is 10.3 Å². The Hall–Kier alpha value is -2.07. The maximum absolute atomic E-state index is 13.6. The minimum atomic E-state index is -0.736. The normalized spacial score (nSPS) is 25.9. The molecule has 3 fully saturated rings. The molecule has 0 radical (unpaired) electrons. The van der Waals surface area contributed by atoms with Crippen LogP contribution in [0.4, 0.5) is 0 Å². The Bertz CT molecular complexity index is 1070. The Morgan fingerprint density at radius 2 is 2.00 bits per heavy atom. The average Bonchev–Trinajstić information content (AvgIpc) is 3.59. The number of aromatic nitrogens is 2. The third-order valence-corrected chi connectivity index (χ3v) is 8.20. The summed E-state index contributed by atoms with van der Waals surface area (Å²) in [5, 5.41) is 3.11. The molecule has 3 aliphatic rings. The van der Waals surface area contributed by atoms with Crippen molar-refractivity contribution < 1.29 is 19.1 Å². The van der Waals surface area contributed by atoms with E-state index in [4.69, 9.17) is 27.9 Å². The fraction of sp³-hybridized carbons (Fsp3) is 0.500. The van der Waals surface area contributed by atoms with Crippen molar-refractivity contribution in [2.45, 2.75) is 49.2 Å². The van der Waals surface area contributed by atoms with Crippen LogP contribution in [0.25, 0.3) is 10.4 Å². The fourth-order valence-corrected chi connectivity index (χ4v) is 6.19. The predicted octanol–water partition coefficient (Wildman–Crippen LogP) is 2.93. The van der Waals surface area contributed by atoms with Crippen LogP contribution >= 0.6 is 34.5 Å². The molecule has 33 heavy (non-hydrogen) atoms. The fourth-order valence-electron chi connectivity index (χ4n) is 4.91. The summed E-state index contributed by atoms with van der Waals surface area (Å²) >= 11 is 13.4. The molecule has 5 rings (SSSR count). The lowest BCUT2D eigenvalue weighted by Crippen LogP contribution is -2.54. The van der Waals surface area contributed by atoms with Crippen molar-refractivity contribution in [1.29, 1.82) is 0 Å². The summed E-state index contributed by atoms with van der Waals surface area (Å²) in [5.74, 6) is -0.822. The van der Waals surface area contributed by atoms with Crippen LogP contribution < -0.4 is 5.32 Å². The van der Waals surface area contributed by atoms with E-state index in [1.165, 1.54) is 16.2 Å². The minimum absolute atomic E-state index is 0.00611. The van der Waals surface area contributed by atoms with Crippen LogP contribution in [0.15, 0.2) is 24.5 Å². The molecule has 0 bridgehead atoms. The van der Waals surface area contributed by atoms with Crippen LogP contribution in [0.5, 0.6) is 0 Å². The van der Waals surface area contributed by atoms with Crippen molar-refractivity contribution in [1.82, 2.24) is 20.2 Å². The number of fused-ring (bicyclic) bond motifs is 1. The lowest BCUT2D eigenvalue weighted by molar-refractivity contribution is -0.139. The molecule has 2 aromatic rings. The van der Waals surface area contributed by atoms with Gasteiger partial charge in [-0.05, 0) is 30.9 Å². The summed E-state index contributed by atoms with van der Waals surface area (Å²) in [6, 6.07) is 2.07. The van der Waals surface area contributed by atoms with Gasteiger partial charge in [-0.1, -0.05) is 24.4 Å². The summed E-state index contributed by atoms with van der Waals surface area (Å²) < 4.78 is 5.51. The summed E-state index contributed by atoms with van der Waals surface area (Å²) in [5.41, 5.74) is 0.801. The van der Waals surface area contributed by atoms with Gasteiger partial charge in [-0.3, -0.25) is 14.4 Å². The maximum Gasteiger partial charge on any atom is 0.280 e. The van der Waals surface area contributed by atoms with E-state index in [0.717, 1.165) is 36.1 Å². The molecule has 0 aromatic carbocycles. The second-order valence-corrected chi connectivity index (χ2v) is 10.6. The molecule has 2 amide bonds. The first-order chi connectivity index (χ1) is 15.9. The number of hydrogen-bond acceptors (Lipinski definition) is 7. The smallest absolute Gasteiger partial charge is 0.280 e. The van der Waals surface area contributed by atoms with Gasteiger partial charge < -0.3 is 15.0 Å². The highest BCUT2D eigenvalue weighted by molar-refractivity contribution is 7.17. The van der Waals surface area contributed by atoms with E-state index in [2.05, 4.69) is 15.3 Å². The number of pyridine rings is 1. The van der Waals surface area contributed by atoms with E-state index in [-0.39, 0.29) is 35.8 Å². The van der Waals surface area contributed by atoms with E-state index >= 15 is 0 Å². The highest BCUT2D eigenvalue weighted by atomic mass is 35.5. The van der Waals surface area contributed by atoms with Crippen LogP contribution in [-0.2, 0) is 14.3 Å². The molecule has 2 aromatic heterocycles. The number of ether oxygens (including phenoxy) is 1. The zero-order chi connectivity index (χ0) is 23.1. The topological polar surface area (TPSA) is 101 Å². The highest BCUT2D eigenvalue weighted by Gasteiger charge is 2.53. The van der Waals surface area contributed by atoms with E-state index in [1.807, 2.05) is 6.07 Å². The summed E-state index contributed by atoms with van der Waals surface area (Å²) in [7, 11) is 0. The molecule has 174 valence electrons. The quantitative estimate of drug-likeness (QED) is 0.492. The van der Waals surface area contributed by atoms with Crippen molar-refractivity contribution in [2.75, 3.05) is 13.2 Å². The van der Waals surface area contributed by atoms with E-state index in [0.29, 0.717) is 5.15 Å². The van der Waals surface area contributed by atoms with E-state index in [1.54, 1.807) is 18.5 Å². The number of carbonyl (C=O) groups excluding carboxylic acids is 3. The third-order valence-electron chi connectivity index (χ3n) is 6.54. The Morgan fingerprint density at radius 1 is 1.21 bits per heavy atom. The summed E-state index contributed by atoms with van der Waals surface area (Å²) in [6.07, 6.45) is 6.42. The monoisotopic (exact) mass is 508 g/mol.